The number of amides is 1. The molecule has 0 saturated heterocycles. The van der Waals surface area contributed by atoms with Crippen molar-refractivity contribution in [2.75, 3.05) is 13.2 Å². The Labute approximate surface area is 171 Å². The second-order valence-corrected chi connectivity index (χ2v) is 6.54. The van der Waals surface area contributed by atoms with Crippen LogP contribution in [0.5, 0.6) is 0 Å². The summed E-state index contributed by atoms with van der Waals surface area (Å²) in [5.74, 6) is 0.332. The lowest BCUT2D eigenvalue weighted by Gasteiger charge is -2.07. The molecule has 0 unspecified atom stereocenters. The molecule has 29 heavy (non-hydrogen) atoms. The number of hydrogen-bond donors (Lipinski definition) is 4. The summed E-state index contributed by atoms with van der Waals surface area (Å²) in [6, 6.07) is 9.81. The van der Waals surface area contributed by atoms with E-state index < -0.39 is 0 Å². The molecule has 0 aliphatic carbocycles. The van der Waals surface area contributed by atoms with Gasteiger partial charge in [-0.3, -0.25) is 9.78 Å². The third-order valence-corrected chi connectivity index (χ3v) is 4.19. The van der Waals surface area contributed by atoms with Gasteiger partial charge in [0.25, 0.3) is 0 Å². The third kappa shape index (κ3) is 6.23. The fourth-order valence-electron chi connectivity index (χ4n) is 2.78. The molecule has 0 spiro atoms. The fourth-order valence-corrected chi connectivity index (χ4v) is 2.78. The molecular weight excluding hydrogens is 366 g/mol. The molecule has 2 aromatic rings. The van der Waals surface area contributed by atoms with E-state index in [0.717, 1.165) is 34.5 Å². The number of aliphatic hydroxyl groups excluding tert-OH is 1. The molecule has 3 rings (SSSR count). The smallest absolute Gasteiger partial charge is 0.247 e. The zero-order valence-electron chi connectivity index (χ0n) is 17.0. The maximum absolute atomic E-state index is 12.3. The van der Waals surface area contributed by atoms with Gasteiger partial charge in [0.05, 0.1) is 11.4 Å². The molecular formula is C22H29N5O2. The van der Waals surface area contributed by atoms with Crippen molar-refractivity contribution in [2.45, 2.75) is 33.2 Å². The zero-order chi connectivity index (χ0) is 21.2. The second-order valence-electron chi connectivity index (χ2n) is 6.54. The van der Waals surface area contributed by atoms with Gasteiger partial charge in [-0.05, 0) is 37.1 Å². The Hall–Kier alpha value is -3.03. The van der Waals surface area contributed by atoms with Crippen LogP contribution in [0, 0.1) is 0 Å². The molecule has 2 heterocycles. The highest BCUT2D eigenvalue weighted by Crippen LogP contribution is 2.31. The number of aliphatic imine (C=N–C) groups is 1. The summed E-state index contributed by atoms with van der Waals surface area (Å²) in [7, 11) is 0. The van der Waals surface area contributed by atoms with E-state index in [9.17, 15) is 4.79 Å². The number of amidine groups is 1. The first-order valence-electron chi connectivity index (χ1n) is 9.74. The molecule has 6 N–H and O–H groups in total. The van der Waals surface area contributed by atoms with Crippen LogP contribution in [0.3, 0.4) is 0 Å². The Kier molecular flexibility index (Phi) is 8.51. The maximum Gasteiger partial charge on any atom is 0.247 e. The van der Waals surface area contributed by atoms with Crippen LogP contribution < -0.4 is 16.8 Å². The predicted molar refractivity (Wildman–Crippen MR) is 118 cm³/mol. The maximum atomic E-state index is 12.3. The van der Waals surface area contributed by atoms with Gasteiger partial charge in [-0.2, -0.15) is 0 Å². The second kappa shape index (κ2) is 11.1. The van der Waals surface area contributed by atoms with Crippen molar-refractivity contribution in [2.24, 2.45) is 16.5 Å². The first kappa shape index (κ1) is 22.3. The largest absolute Gasteiger partial charge is 0.397 e. The Morgan fingerprint density at radius 1 is 1.21 bits per heavy atom. The number of aromatic nitrogens is 1. The Morgan fingerprint density at radius 3 is 2.55 bits per heavy atom. The number of fused-ring (bicyclic) bond motifs is 1. The van der Waals surface area contributed by atoms with Gasteiger partial charge in [0, 0.05) is 49.0 Å². The number of benzene rings is 1. The monoisotopic (exact) mass is 395 g/mol. The van der Waals surface area contributed by atoms with Gasteiger partial charge in [-0.15, -0.1) is 0 Å². The average Bonchev–Trinajstić information content (AvgIpc) is 2.90. The first-order chi connectivity index (χ1) is 14.0. The summed E-state index contributed by atoms with van der Waals surface area (Å²) in [6.45, 7) is 5.01. The molecule has 1 amide bonds. The predicted octanol–water partition coefficient (Wildman–Crippen LogP) is 2.51. The molecule has 1 aromatic carbocycles. The molecule has 154 valence electrons. The van der Waals surface area contributed by atoms with E-state index in [1.165, 1.54) is 0 Å². The van der Waals surface area contributed by atoms with Crippen molar-refractivity contribution in [3.63, 3.8) is 0 Å². The molecule has 7 heteroatoms. The van der Waals surface area contributed by atoms with E-state index in [4.69, 9.17) is 16.6 Å². The normalized spacial score (nSPS) is 12.6. The summed E-state index contributed by atoms with van der Waals surface area (Å²) in [5, 5.41) is 10.5. The molecule has 0 bridgehead atoms. The molecule has 1 aliphatic heterocycles. The molecule has 1 aromatic heterocycles. The topological polar surface area (TPSA) is 127 Å². The number of rotatable bonds is 5. The first-order valence-corrected chi connectivity index (χ1v) is 9.74. The number of carbonyl (C=O) groups excluding carboxylic acids is 1. The SMILES string of the molecule is CCCNC(=O)C1=Cc2ccc(-c3ccc(CN)nc3)cc2N=C(N)C1.CCO. The van der Waals surface area contributed by atoms with Gasteiger partial charge in [0.15, 0.2) is 0 Å². The summed E-state index contributed by atoms with van der Waals surface area (Å²) in [5.41, 5.74) is 16.7. The van der Waals surface area contributed by atoms with Crippen LogP contribution in [-0.4, -0.2) is 35.0 Å². The Balaban J connectivity index is 0.000000941. The highest BCUT2D eigenvalue weighted by atomic mass is 16.2. The van der Waals surface area contributed by atoms with Crippen LogP contribution in [0.25, 0.3) is 17.2 Å². The molecule has 0 atom stereocenters. The number of hydrogen-bond acceptors (Lipinski definition) is 6. The molecule has 7 nitrogen and oxygen atoms in total. The van der Waals surface area contributed by atoms with Crippen molar-refractivity contribution in [3.05, 3.63) is 53.4 Å². The van der Waals surface area contributed by atoms with Crippen molar-refractivity contribution < 1.29 is 9.90 Å². The van der Waals surface area contributed by atoms with Gasteiger partial charge in [-0.1, -0.05) is 25.1 Å². The standard InChI is InChI=1S/C20H23N5O.C2H6O/c1-2-7-23-20(26)16-8-14-4-3-13(9-18(14)25-19(22)10-16)15-5-6-17(11-21)24-12-15;1-2-3/h3-6,8-9,12H,2,7,10-11,21H2,1H3,(H2,22,25)(H,23,26);3H,2H2,1H3. The summed E-state index contributed by atoms with van der Waals surface area (Å²) >= 11 is 0. The molecule has 0 fully saturated rings. The van der Waals surface area contributed by atoms with Crippen LogP contribution in [0.4, 0.5) is 5.69 Å². The minimum Gasteiger partial charge on any atom is -0.397 e. The van der Waals surface area contributed by atoms with Crippen molar-refractivity contribution >= 4 is 23.5 Å². The lowest BCUT2D eigenvalue weighted by molar-refractivity contribution is -0.117. The lowest BCUT2D eigenvalue weighted by Crippen LogP contribution is -2.27. The summed E-state index contributed by atoms with van der Waals surface area (Å²) < 4.78 is 0. The molecule has 0 saturated carbocycles. The van der Waals surface area contributed by atoms with Crippen molar-refractivity contribution in [1.82, 2.24) is 10.3 Å². The van der Waals surface area contributed by atoms with E-state index in [1.54, 1.807) is 13.1 Å². The van der Waals surface area contributed by atoms with Crippen molar-refractivity contribution in [1.29, 1.82) is 0 Å². The van der Waals surface area contributed by atoms with E-state index in [0.29, 0.717) is 30.9 Å². The van der Waals surface area contributed by atoms with Crippen LogP contribution in [-0.2, 0) is 11.3 Å². The average molecular weight is 396 g/mol. The van der Waals surface area contributed by atoms with Crippen LogP contribution in [0.1, 0.15) is 37.9 Å². The minimum atomic E-state index is -0.0940. The minimum absolute atomic E-state index is 0.0940. The van der Waals surface area contributed by atoms with Gasteiger partial charge in [0.2, 0.25) is 5.91 Å². The number of aliphatic hydroxyl groups is 1. The highest BCUT2D eigenvalue weighted by molar-refractivity contribution is 6.05. The lowest BCUT2D eigenvalue weighted by atomic mass is 10.0. The Bertz CT molecular complexity index is 889. The summed E-state index contributed by atoms with van der Waals surface area (Å²) in [4.78, 5) is 21.1. The van der Waals surface area contributed by atoms with E-state index in [-0.39, 0.29) is 12.5 Å². The van der Waals surface area contributed by atoms with Gasteiger partial charge in [0.1, 0.15) is 5.84 Å². The number of pyridine rings is 1. The number of carbonyl (C=O) groups is 1. The zero-order valence-corrected chi connectivity index (χ0v) is 17.0. The third-order valence-electron chi connectivity index (χ3n) is 4.19. The number of nitrogens with two attached hydrogens (primary N) is 2. The van der Waals surface area contributed by atoms with Gasteiger partial charge in [-0.25, -0.2) is 4.99 Å². The van der Waals surface area contributed by atoms with Crippen LogP contribution in [0.15, 0.2) is 47.1 Å². The van der Waals surface area contributed by atoms with Crippen LogP contribution >= 0.6 is 0 Å². The number of nitrogens with zero attached hydrogens (tertiary/aromatic N) is 2. The number of nitrogens with one attached hydrogen (secondary N) is 1. The van der Waals surface area contributed by atoms with Crippen LogP contribution in [0.2, 0.25) is 0 Å². The fraction of sp³-hybridized carbons (Fsp3) is 0.318. The molecule has 1 aliphatic rings. The van der Waals surface area contributed by atoms with Gasteiger partial charge >= 0.3 is 0 Å². The van der Waals surface area contributed by atoms with Crippen molar-refractivity contribution in [3.8, 4) is 11.1 Å². The molecule has 0 radical (unpaired) electrons. The van der Waals surface area contributed by atoms with E-state index >= 15 is 0 Å². The van der Waals surface area contributed by atoms with Gasteiger partial charge < -0.3 is 21.9 Å². The highest BCUT2D eigenvalue weighted by Gasteiger charge is 2.16. The Morgan fingerprint density at radius 2 is 1.93 bits per heavy atom. The van der Waals surface area contributed by atoms with E-state index in [2.05, 4.69) is 15.3 Å². The van der Waals surface area contributed by atoms with E-state index in [1.807, 2.05) is 43.3 Å². The quantitative estimate of drug-likeness (QED) is 0.619. The summed E-state index contributed by atoms with van der Waals surface area (Å²) in [6.07, 6.45) is 4.89.